The fourth-order valence-electron chi connectivity index (χ4n) is 3.38. The van der Waals surface area contributed by atoms with Gasteiger partial charge in [0, 0.05) is 12.1 Å². The van der Waals surface area contributed by atoms with E-state index in [1.54, 1.807) is 14.2 Å². The molecule has 0 aliphatic heterocycles. The van der Waals surface area contributed by atoms with Gasteiger partial charge in [-0.2, -0.15) is 0 Å². The molecule has 0 fully saturated rings. The van der Waals surface area contributed by atoms with E-state index in [-0.39, 0.29) is 0 Å². The predicted molar refractivity (Wildman–Crippen MR) is 108 cm³/mol. The average Bonchev–Trinajstić information content (AvgIpc) is 3.11. The number of hydrogen-bond donors (Lipinski definition) is 0. The molecule has 0 saturated heterocycles. The minimum absolute atomic E-state index is 0.705. The third kappa shape index (κ3) is 3.38. The van der Waals surface area contributed by atoms with Gasteiger partial charge in [0.05, 0.1) is 25.3 Å². The number of hydrogen-bond acceptors (Lipinski definition) is 3. The first-order valence-electron chi connectivity index (χ1n) is 9.02. The van der Waals surface area contributed by atoms with Crippen LogP contribution in [0.4, 0.5) is 0 Å². The van der Waals surface area contributed by atoms with Crippen LogP contribution in [0.25, 0.3) is 22.4 Å². The highest BCUT2D eigenvalue weighted by molar-refractivity contribution is 5.81. The fourth-order valence-corrected chi connectivity index (χ4v) is 3.38. The van der Waals surface area contributed by atoms with Crippen molar-refractivity contribution >= 4 is 11.0 Å². The van der Waals surface area contributed by atoms with E-state index in [9.17, 15) is 0 Å². The first-order chi connectivity index (χ1) is 13.3. The first-order valence-corrected chi connectivity index (χ1v) is 9.02. The largest absolute Gasteiger partial charge is 0.493 e. The molecule has 0 amide bonds. The monoisotopic (exact) mass is 358 g/mol. The van der Waals surface area contributed by atoms with Crippen LogP contribution in [-0.2, 0) is 13.0 Å². The molecule has 0 radical (unpaired) electrons. The van der Waals surface area contributed by atoms with E-state index in [1.807, 2.05) is 30.3 Å². The molecule has 27 heavy (non-hydrogen) atoms. The molecule has 3 aromatic carbocycles. The maximum absolute atomic E-state index is 5.48. The van der Waals surface area contributed by atoms with Crippen LogP contribution in [-0.4, -0.2) is 23.8 Å². The zero-order valence-electron chi connectivity index (χ0n) is 15.6. The zero-order chi connectivity index (χ0) is 18.6. The van der Waals surface area contributed by atoms with Gasteiger partial charge in [-0.25, -0.2) is 4.98 Å². The lowest BCUT2D eigenvalue weighted by Gasteiger charge is -2.12. The average molecular weight is 358 g/mol. The van der Waals surface area contributed by atoms with Crippen molar-refractivity contribution in [3.8, 4) is 22.9 Å². The number of benzene rings is 3. The number of fused-ring (bicyclic) bond motifs is 1. The Kier molecular flexibility index (Phi) is 4.79. The second-order valence-electron chi connectivity index (χ2n) is 6.38. The fraction of sp³-hybridized carbons (Fsp3) is 0.174. The number of imidazole rings is 1. The highest BCUT2D eigenvalue weighted by Crippen LogP contribution is 2.33. The lowest BCUT2D eigenvalue weighted by Crippen LogP contribution is -2.04. The van der Waals surface area contributed by atoms with Gasteiger partial charge in [0.15, 0.2) is 11.5 Å². The van der Waals surface area contributed by atoms with Crippen LogP contribution in [0.2, 0.25) is 0 Å². The molecule has 0 bridgehead atoms. The quantitative estimate of drug-likeness (QED) is 0.489. The summed E-state index contributed by atoms with van der Waals surface area (Å²) in [5.41, 5.74) is 4.46. The number of aromatic nitrogens is 2. The zero-order valence-corrected chi connectivity index (χ0v) is 15.6. The number of aryl methyl sites for hydroxylation is 2. The molecular formula is C23H22N2O2. The molecule has 0 aliphatic carbocycles. The Bertz CT molecular complexity index is 1050. The summed E-state index contributed by atoms with van der Waals surface area (Å²) < 4.78 is 13.1. The number of methoxy groups -OCH3 is 2. The summed E-state index contributed by atoms with van der Waals surface area (Å²) in [5.74, 6) is 2.36. The minimum atomic E-state index is 0.705. The van der Waals surface area contributed by atoms with E-state index in [0.29, 0.717) is 11.5 Å². The van der Waals surface area contributed by atoms with E-state index < -0.39 is 0 Å². The summed E-state index contributed by atoms with van der Waals surface area (Å²) >= 11 is 0. The summed E-state index contributed by atoms with van der Waals surface area (Å²) in [6, 6.07) is 24.7. The van der Waals surface area contributed by atoms with Crippen LogP contribution in [0.1, 0.15) is 5.56 Å². The van der Waals surface area contributed by atoms with E-state index in [1.165, 1.54) is 5.56 Å². The van der Waals surface area contributed by atoms with Gasteiger partial charge < -0.3 is 14.0 Å². The van der Waals surface area contributed by atoms with Crippen molar-refractivity contribution < 1.29 is 9.47 Å². The van der Waals surface area contributed by atoms with Gasteiger partial charge in [-0.3, -0.25) is 0 Å². The van der Waals surface area contributed by atoms with Gasteiger partial charge in [0.1, 0.15) is 5.82 Å². The van der Waals surface area contributed by atoms with Crippen molar-refractivity contribution in [3.05, 3.63) is 78.4 Å². The van der Waals surface area contributed by atoms with Crippen LogP contribution in [0.3, 0.4) is 0 Å². The minimum Gasteiger partial charge on any atom is -0.493 e. The SMILES string of the molecule is COc1ccc(-c2nc3ccccc3n2CCc2ccccc2)cc1OC. The van der Waals surface area contributed by atoms with E-state index in [2.05, 4.69) is 47.0 Å². The van der Waals surface area contributed by atoms with Crippen molar-refractivity contribution in [2.24, 2.45) is 0 Å². The molecule has 4 nitrogen and oxygen atoms in total. The number of rotatable bonds is 6. The number of ether oxygens (including phenoxy) is 2. The van der Waals surface area contributed by atoms with Crippen LogP contribution >= 0.6 is 0 Å². The van der Waals surface area contributed by atoms with Crippen molar-refractivity contribution in [3.63, 3.8) is 0 Å². The Labute approximate surface area is 159 Å². The summed E-state index contributed by atoms with van der Waals surface area (Å²) in [6.07, 6.45) is 0.946. The summed E-state index contributed by atoms with van der Waals surface area (Å²) in [4.78, 5) is 4.89. The highest BCUT2D eigenvalue weighted by Gasteiger charge is 2.14. The molecule has 1 heterocycles. The number of nitrogens with zero attached hydrogens (tertiary/aromatic N) is 2. The van der Waals surface area contributed by atoms with E-state index in [4.69, 9.17) is 14.5 Å². The Morgan fingerprint density at radius 2 is 1.56 bits per heavy atom. The topological polar surface area (TPSA) is 36.3 Å². The second-order valence-corrected chi connectivity index (χ2v) is 6.38. The lowest BCUT2D eigenvalue weighted by atomic mass is 10.1. The summed E-state index contributed by atoms with van der Waals surface area (Å²) in [6.45, 7) is 0.855. The van der Waals surface area contributed by atoms with Crippen LogP contribution in [0.5, 0.6) is 11.5 Å². The molecule has 0 atom stereocenters. The smallest absolute Gasteiger partial charge is 0.161 e. The molecule has 0 spiro atoms. The molecule has 0 unspecified atom stereocenters. The van der Waals surface area contributed by atoms with Crippen LogP contribution < -0.4 is 9.47 Å². The van der Waals surface area contributed by atoms with E-state index >= 15 is 0 Å². The normalized spacial score (nSPS) is 10.9. The molecule has 1 aromatic heterocycles. The maximum atomic E-state index is 5.48. The van der Waals surface area contributed by atoms with Gasteiger partial charge in [-0.15, -0.1) is 0 Å². The van der Waals surface area contributed by atoms with Gasteiger partial charge in [0.2, 0.25) is 0 Å². The Morgan fingerprint density at radius 3 is 2.33 bits per heavy atom. The Morgan fingerprint density at radius 1 is 0.815 bits per heavy atom. The van der Waals surface area contributed by atoms with Gasteiger partial charge >= 0.3 is 0 Å². The Balaban J connectivity index is 1.78. The van der Waals surface area contributed by atoms with Crippen molar-refractivity contribution in [2.45, 2.75) is 13.0 Å². The molecule has 4 aromatic rings. The molecule has 136 valence electrons. The molecule has 0 saturated carbocycles. The van der Waals surface area contributed by atoms with Crippen molar-refractivity contribution in [1.82, 2.24) is 9.55 Å². The highest BCUT2D eigenvalue weighted by atomic mass is 16.5. The number of para-hydroxylation sites is 2. The van der Waals surface area contributed by atoms with Crippen LogP contribution in [0.15, 0.2) is 72.8 Å². The third-order valence-electron chi connectivity index (χ3n) is 4.76. The molecular weight excluding hydrogens is 336 g/mol. The van der Waals surface area contributed by atoms with Crippen molar-refractivity contribution in [1.29, 1.82) is 0 Å². The maximum Gasteiger partial charge on any atom is 0.161 e. The first kappa shape index (κ1) is 17.2. The van der Waals surface area contributed by atoms with Crippen LogP contribution in [0, 0.1) is 0 Å². The molecule has 0 aliphatic rings. The van der Waals surface area contributed by atoms with Gasteiger partial charge in [-0.1, -0.05) is 42.5 Å². The summed E-state index contributed by atoms with van der Waals surface area (Å²) in [7, 11) is 3.30. The van der Waals surface area contributed by atoms with Gasteiger partial charge in [-0.05, 0) is 42.3 Å². The third-order valence-corrected chi connectivity index (χ3v) is 4.76. The lowest BCUT2D eigenvalue weighted by molar-refractivity contribution is 0.355. The molecule has 4 rings (SSSR count). The molecule has 4 heteroatoms. The van der Waals surface area contributed by atoms with E-state index in [0.717, 1.165) is 35.4 Å². The van der Waals surface area contributed by atoms with Gasteiger partial charge in [0.25, 0.3) is 0 Å². The Hall–Kier alpha value is -3.27. The standard InChI is InChI=1S/C23H22N2O2/c1-26-21-13-12-18(16-22(21)27-2)23-24-19-10-6-7-11-20(19)25(23)15-14-17-8-4-3-5-9-17/h3-13,16H,14-15H2,1-2H3. The predicted octanol–water partition coefficient (Wildman–Crippen LogP) is 4.96. The summed E-state index contributed by atoms with van der Waals surface area (Å²) in [5, 5.41) is 0. The van der Waals surface area contributed by atoms with Crippen molar-refractivity contribution in [2.75, 3.05) is 14.2 Å². The second kappa shape index (κ2) is 7.54. The molecule has 0 N–H and O–H groups in total.